The molecule has 2 aliphatic rings. The van der Waals surface area contributed by atoms with E-state index in [9.17, 15) is 8.42 Å². The van der Waals surface area contributed by atoms with Gasteiger partial charge in [0.05, 0.1) is 18.1 Å². The van der Waals surface area contributed by atoms with Gasteiger partial charge in [-0.15, -0.1) is 10.2 Å². The summed E-state index contributed by atoms with van der Waals surface area (Å²) < 4.78 is 39.0. The summed E-state index contributed by atoms with van der Waals surface area (Å²) in [7, 11) is -3.70. The molecular weight excluding hydrogens is 368 g/mol. The fourth-order valence-electron chi connectivity index (χ4n) is 3.46. The maximum Gasteiger partial charge on any atom is 0.263 e. The van der Waals surface area contributed by atoms with Crippen LogP contribution in [0.4, 0.5) is 11.6 Å². The van der Waals surface area contributed by atoms with Crippen molar-refractivity contribution in [3.63, 3.8) is 0 Å². The predicted molar refractivity (Wildman–Crippen MR) is 100 cm³/mol. The SMILES string of the molecule is Cc1ccccc1S(=O)(=O)Nc1ccc(N2CCC3(CC2)OCCO3)nn1. The number of ether oxygens (including phenoxy) is 2. The number of rotatable bonds is 4. The number of hydrogen-bond donors (Lipinski definition) is 1. The van der Waals surface area contributed by atoms with Gasteiger partial charge in [-0.25, -0.2) is 8.42 Å². The van der Waals surface area contributed by atoms with Crippen molar-refractivity contribution in [2.24, 2.45) is 0 Å². The number of aromatic nitrogens is 2. The maximum absolute atomic E-state index is 12.5. The molecule has 0 amide bonds. The minimum atomic E-state index is -3.70. The molecule has 3 heterocycles. The molecule has 8 nitrogen and oxygen atoms in total. The Morgan fingerprint density at radius 3 is 2.37 bits per heavy atom. The summed E-state index contributed by atoms with van der Waals surface area (Å²) in [6.07, 6.45) is 1.55. The molecule has 0 radical (unpaired) electrons. The van der Waals surface area contributed by atoms with E-state index in [4.69, 9.17) is 9.47 Å². The molecule has 1 N–H and O–H groups in total. The zero-order valence-electron chi connectivity index (χ0n) is 15.1. The zero-order valence-corrected chi connectivity index (χ0v) is 15.9. The maximum atomic E-state index is 12.5. The summed E-state index contributed by atoms with van der Waals surface area (Å²) in [5.74, 6) is 0.465. The van der Waals surface area contributed by atoms with Crippen LogP contribution in [-0.2, 0) is 19.5 Å². The number of piperidine rings is 1. The number of anilines is 2. The summed E-state index contributed by atoms with van der Waals surface area (Å²) in [5.41, 5.74) is 0.674. The van der Waals surface area contributed by atoms with Gasteiger partial charge in [-0.3, -0.25) is 4.72 Å². The highest BCUT2D eigenvalue weighted by molar-refractivity contribution is 7.92. The van der Waals surface area contributed by atoms with Crippen molar-refractivity contribution in [1.29, 1.82) is 0 Å². The molecule has 1 aromatic heterocycles. The van der Waals surface area contributed by atoms with Crippen molar-refractivity contribution < 1.29 is 17.9 Å². The third kappa shape index (κ3) is 3.76. The Morgan fingerprint density at radius 2 is 1.74 bits per heavy atom. The van der Waals surface area contributed by atoms with Gasteiger partial charge in [0.15, 0.2) is 17.4 Å². The molecule has 9 heteroatoms. The number of hydrogen-bond acceptors (Lipinski definition) is 7. The molecule has 144 valence electrons. The van der Waals surface area contributed by atoms with Crippen LogP contribution < -0.4 is 9.62 Å². The van der Waals surface area contributed by atoms with E-state index in [2.05, 4.69) is 19.8 Å². The fraction of sp³-hybridized carbons (Fsp3) is 0.444. The van der Waals surface area contributed by atoms with Crippen LogP contribution in [-0.4, -0.2) is 50.7 Å². The Morgan fingerprint density at radius 1 is 1.04 bits per heavy atom. The van der Waals surface area contributed by atoms with Crippen LogP contribution in [0.5, 0.6) is 0 Å². The van der Waals surface area contributed by atoms with Crippen molar-refractivity contribution in [2.45, 2.75) is 30.4 Å². The van der Waals surface area contributed by atoms with Gasteiger partial charge in [0.25, 0.3) is 10.0 Å². The second kappa shape index (κ2) is 7.06. The smallest absolute Gasteiger partial charge is 0.263 e. The lowest BCUT2D eigenvalue weighted by Crippen LogP contribution is -2.45. The van der Waals surface area contributed by atoms with Crippen molar-refractivity contribution in [3.05, 3.63) is 42.0 Å². The molecular formula is C18H22N4O4S. The third-order valence-corrected chi connectivity index (χ3v) is 6.45. The van der Waals surface area contributed by atoms with E-state index in [1.54, 1.807) is 43.3 Å². The monoisotopic (exact) mass is 390 g/mol. The minimum absolute atomic E-state index is 0.193. The van der Waals surface area contributed by atoms with Crippen LogP contribution in [0.25, 0.3) is 0 Å². The van der Waals surface area contributed by atoms with Crippen LogP contribution in [0.2, 0.25) is 0 Å². The van der Waals surface area contributed by atoms with Crippen molar-refractivity contribution in [2.75, 3.05) is 35.9 Å². The van der Waals surface area contributed by atoms with Crippen LogP contribution in [0.1, 0.15) is 18.4 Å². The molecule has 1 aromatic carbocycles. The Labute approximate surface area is 158 Å². The number of nitrogens with zero attached hydrogens (tertiary/aromatic N) is 3. The van der Waals surface area contributed by atoms with Crippen LogP contribution in [0.15, 0.2) is 41.3 Å². The highest BCUT2D eigenvalue weighted by Crippen LogP contribution is 2.32. The van der Waals surface area contributed by atoms with Gasteiger partial charge in [-0.2, -0.15) is 0 Å². The van der Waals surface area contributed by atoms with Gasteiger partial charge >= 0.3 is 0 Å². The van der Waals surface area contributed by atoms with E-state index < -0.39 is 15.8 Å². The Hall–Kier alpha value is -2.23. The molecule has 2 aromatic rings. The van der Waals surface area contributed by atoms with E-state index in [-0.39, 0.29) is 10.7 Å². The van der Waals surface area contributed by atoms with Crippen LogP contribution >= 0.6 is 0 Å². The Kier molecular flexibility index (Phi) is 4.75. The first-order chi connectivity index (χ1) is 13.0. The molecule has 0 bridgehead atoms. The molecule has 4 rings (SSSR count). The second-order valence-electron chi connectivity index (χ2n) is 6.74. The van der Waals surface area contributed by atoms with Gasteiger partial charge in [0.2, 0.25) is 0 Å². The number of nitrogens with one attached hydrogen (secondary N) is 1. The topological polar surface area (TPSA) is 93.7 Å². The quantitative estimate of drug-likeness (QED) is 0.852. The van der Waals surface area contributed by atoms with Crippen molar-refractivity contribution in [3.8, 4) is 0 Å². The normalized spacial score (nSPS) is 19.4. The first-order valence-corrected chi connectivity index (χ1v) is 10.4. The summed E-state index contributed by atoms with van der Waals surface area (Å²) in [6, 6.07) is 10.2. The molecule has 2 aliphatic heterocycles. The van der Waals surface area contributed by atoms with E-state index in [0.717, 1.165) is 25.9 Å². The van der Waals surface area contributed by atoms with Crippen molar-refractivity contribution in [1.82, 2.24) is 10.2 Å². The summed E-state index contributed by atoms with van der Waals surface area (Å²) >= 11 is 0. The number of sulfonamides is 1. The lowest BCUT2D eigenvalue weighted by atomic mass is 10.0. The molecule has 0 atom stereocenters. The summed E-state index contributed by atoms with van der Waals surface area (Å²) in [4.78, 5) is 2.33. The van der Waals surface area contributed by atoms with Crippen molar-refractivity contribution >= 4 is 21.7 Å². The lowest BCUT2D eigenvalue weighted by molar-refractivity contribution is -0.169. The molecule has 0 saturated carbocycles. The van der Waals surface area contributed by atoms with Gasteiger partial charge in [-0.05, 0) is 30.7 Å². The van der Waals surface area contributed by atoms with Gasteiger partial charge in [0, 0.05) is 25.9 Å². The third-order valence-electron chi connectivity index (χ3n) is 4.94. The second-order valence-corrected chi connectivity index (χ2v) is 8.39. The molecule has 27 heavy (non-hydrogen) atoms. The Bertz CT molecular complexity index is 901. The van der Waals surface area contributed by atoms with Gasteiger partial charge in [-0.1, -0.05) is 18.2 Å². The number of benzene rings is 1. The molecule has 2 saturated heterocycles. The summed E-state index contributed by atoms with van der Waals surface area (Å²) in [6.45, 7) is 4.56. The fourth-order valence-corrected chi connectivity index (χ4v) is 4.70. The Balaban J connectivity index is 1.43. The van der Waals surface area contributed by atoms with E-state index in [1.165, 1.54) is 0 Å². The first kappa shape index (κ1) is 18.1. The van der Waals surface area contributed by atoms with Crippen LogP contribution in [0.3, 0.4) is 0 Å². The van der Waals surface area contributed by atoms with Crippen LogP contribution in [0, 0.1) is 6.92 Å². The van der Waals surface area contributed by atoms with E-state index in [0.29, 0.717) is 24.6 Å². The average molecular weight is 390 g/mol. The first-order valence-electron chi connectivity index (χ1n) is 8.93. The highest BCUT2D eigenvalue weighted by Gasteiger charge is 2.40. The molecule has 0 aliphatic carbocycles. The largest absolute Gasteiger partial charge is 0.355 e. The number of aryl methyl sites for hydroxylation is 1. The van der Waals surface area contributed by atoms with E-state index >= 15 is 0 Å². The lowest BCUT2D eigenvalue weighted by Gasteiger charge is -2.37. The highest BCUT2D eigenvalue weighted by atomic mass is 32.2. The standard InChI is InChI=1S/C18H22N4O4S/c1-14-4-2-3-5-15(14)27(23,24)21-16-6-7-17(20-19-16)22-10-8-18(9-11-22)25-12-13-26-18/h2-7H,8-13H2,1H3,(H,19,21). The molecule has 1 spiro atoms. The molecule has 0 unspecified atom stereocenters. The zero-order chi connectivity index (χ0) is 18.9. The van der Waals surface area contributed by atoms with Gasteiger partial charge in [0.1, 0.15) is 0 Å². The average Bonchev–Trinajstić information content (AvgIpc) is 3.11. The van der Waals surface area contributed by atoms with Gasteiger partial charge < -0.3 is 14.4 Å². The minimum Gasteiger partial charge on any atom is -0.355 e. The van der Waals surface area contributed by atoms with E-state index in [1.807, 2.05) is 0 Å². The summed E-state index contributed by atoms with van der Waals surface area (Å²) in [5, 5.41) is 8.22. The molecule has 2 fully saturated rings. The predicted octanol–water partition coefficient (Wildman–Crippen LogP) is 1.93.